The SMILES string of the molecule is NC(=O)CNC(=O)[C@H](NC(=O)C[O])c1ccccc1. The normalized spacial score (nSPS) is 11.4. The number of carbonyl (C=O) groups is 3. The predicted molar refractivity (Wildman–Crippen MR) is 65.1 cm³/mol. The van der Waals surface area contributed by atoms with Crippen LogP contribution in [-0.4, -0.2) is 30.9 Å². The van der Waals surface area contributed by atoms with Crippen LogP contribution >= 0.6 is 0 Å². The lowest BCUT2D eigenvalue weighted by atomic mass is 10.1. The predicted octanol–water partition coefficient (Wildman–Crippen LogP) is -1.12. The zero-order valence-corrected chi connectivity index (χ0v) is 10.1. The molecule has 1 aromatic rings. The molecule has 0 fully saturated rings. The molecular formula is C12H14N3O4. The van der Waals surface area contributed by atoms with Crippen LogP contribution in [0.3, 0.4) is 0 Å². The largest absolute Gasteiger partial charge is 0.368 e. The van der Waals surface area contributed by atoms with Crippen molar-refractivity contribution in [1.29, 1.82) is 0 Å². The topological polar surface area (TPSA) is 121 Å². The lowest BCUT2D eigenvalue weighted by Crippen LogP contribution is -2.43. The number of carbonyl (C=O) groups excluding carboxylic acids is 3. The van der Waals surface area contributed by atoms with Crippen molar-refractivity contribution >= 4 is 17.7 Å². The maximum absolute atomic E-state index is 11.9. The van der Waals surface area contributed by atoms with Crippen molar-refractivity contribution < 1.29 is 19.5 Å². The Bertz CT molecular complexity index is 461. The van der Waals surface area contributed by atoms with E-state index in [1.54, 1.807) is 30.3 Å². The molecule has 0 aromatic heterocycles. The minimum absolute atomic E-state index is 0.338. The van der Waals surface area contributed by atoms with E-state index >= 15 is 0 Å². The fourth-order valence-corrected chi connectivity index (χ4v) is 1.42. The third-order valence-electron chi connectivity index (χ3n) is 2.27. The van der Waals surface area contributed by atoms with Crippen LogP contribution in [0.15, 0.2) is 30.3 Å². The van der Waals surface area contributed by atoms with E-state index in [9.17, 15) is 19.5 Å². The Balaban J connectivity index is 2.83. The second-order valence-corrected chi connectivity index (χ2v) is 3.74. The van der Waals surface area contributed by atoms with E-state index in [1.165, 1.54) is 0 Å². The summed E-state index contributed by atoms with van der Waals surface area (Å²) in [5, 5.41) is 15.0. The molecule has 0 spiro atoms. The van der Waals surface area contributed by atoms with Gasteiger partial charge in [-0.05, 0) is 5.56 Å². The molecule has 3 amide bonds. The number of amides is 3. The molecule has 1 atom stereocenters. The molecule has 7 heteroatoms. The Morgan fingerprint density at radius 2 is 1.79 bits per heavy atom. The highest BCUT2D eigenvalue weighted by Crippen LogP contribution is 2.12. The van der Waals surface area contributed by atoms with Gasteiger partial charge in [-0.3, -0.25) is 14.4 Å². The molecule has 0 heterocycles. The molecule has 1 rings (SSSR count). The van der Waals surface area contributed by atoms with Crippen molar-refractivity contribution in [1.82, 2.24) is 10.6 Å². The van der Waals surface area contributed by atoms with Crippen molar-refractivity contribution in [3.63, 3.8) is 0 Å². The lowest BCUT2D eigenvalue weighted by molar-refractivity contribution is -0.132. The summed E-state index contributed by atoms with van der Waals surface area (Å²) in [5.41, 5.74) is 5.42. The van der Waals surface area contributed by atoms with Gasteiger partial charge in [-0.2, -0.15) is 0 Å². The van der Waals surface area contributed by atoms with E-state index in [-0.39, 0.29) is 6.54 Å². The molecular weight excluding hydrogens is 250 g/mol. The molecule has 0 saturated heterocycles. The summed E-state index contributed by atoms with van der Waals surface area (Å²) in [5.74, 6) is -2.11. The van der Waals surface area contributed by atoms with Gasteiger partial charge in [0.15, 0.2) is 6.61 Å². The van der Waals surface area contributed by atoms with E-state index in [2.05, 4.69) is 10.6 Å². The van der Waals surface area contributed by atoms with Gasteiger partial charge >= 0.3 is 0 Å². The molecule has 7 nitrogen and oxygen atoms in total. The van der Waals surface area contributed by atoms with Crippen molar-refractivity contribution in [2.45, 2.75) is 6.04 Å². The summed E-state index contributed by atoms with van der Waals surface area (Å²) in [6, 6.07) is 7.35. The minimum Gasteiger partial charge on any atom is -0.368 e. The van der Waals surface area contributed by atoms with Gasteiger partial charge in [0.1, 0.15) is 6.04 Å². The first-order valence-corrected chi connectivity index (χ1v) is 5.53. The molecule has 0 unspecified atom stereocenters. The third-order valence-corrected chi connectivity index (χ3v) is 2.27. The van der Waals surface area contributed by atoms with Gasteiger partial charge in [-0.25, -0.2) is 5.11 Å². The molecule has 0 bridgehead atoms. The number of hydrogen-bond donors (Lipinski definition) is 3. The number of nitrogens with one attached hydrogen (secondary N) is 2. The van der Waals surface area contributed by atoms with Crippen molar-refractivity contribution in [3.8, 4) is 0 Å². The zero-order valence-electron chi connectivity index (χ0n) is 10.1. The number of rotatable bonds is 6. The second-order valence-electron chi connectivity index (χ2n) is 3.74. The average Bonchev–Trinajstić information content (AvgIpc) is 2.42. The first kappa shape index (κ1) is 14.7. The lowest BCUT2D eigenvalue weighted by Gasteiger charge is -2.17. The van der Waals surface area contributed by atoms with Gasteiger partial charge in [-0.1, -0.05) is 30.3 Å². The van der Waals surface area contributed by atoms with E-state index in [1.807, 2.05) is 0 Å². The summed E-state index contributed by atoms with van der Waals surface area (Å²) in [7, 11) is 0. The highest BCUT2D eigenvalue weighted by Gasteiger charge is 2.22. The Hall–Kier alpha value is -2.41. The summed E-state index contributed by atoms with van der Waals surface area (Å²) in [6.07, 6.45) is 0. The third kappa shape index (κ3) is 4.76. The summed E-state index contributed by atoms with van der Waals surface area (Å²) >= 11 is 0. The van der Waals surface area contributed by atoms with Crippen LogP contribution < -0.4 is 16.4 Å². The fourth-order valence-electron chi connectivity index (χ4n) is 1.42. The fraction of sp³-hybridized carbons (Fsp3) is 0.250. The van der Waals surface area contributed by atoms with Gasteiger partial charge in [0.05, 0.1) is 6.54 Å². The van der Waals surface area contributed by atoms with Crippen LogP contribution in [0, 0.1) is 0 Å². The summed E-state index contributed by atoms with van der Waals surface area (Å²) in [4.78, 5) is 33.6. The summed E-state index contributed by atoms with van der Waals surface area (Å²) < 4.78 is 0. The molecule has 4 N–H and O–H groups in total. The van der Waals surface area contributed by atoms with Gasteiger partial charge in [0.25, 0.3) is 0 Å². The molecule has 0 saturated carbocycles. The van der Waals surface area contributed by atoms with E-state index in [0.717, 1.165) is 0 Å². The number of benzene rings is 1. The Kier molecular flexibility index (Phi) is 5.49. The van der Waals surface area contributed by atoms with E-state index < -0.39 is 30.4 Å². The van der Waals surface area contributed by atoms with Crippen molar-refractivity contribution in [3.05, 3.63) is 35.9 Å². The minimum atomic E-state index is -1.03. The monoisotopic (exact) mass is 264 g/mol. The Morgan fingerprint density at radius 1 is 1.16 bits per heavy atom. The maximum Gasteiger partial charge on any atom is 0.250 e. The number of primary amides is 1. The van der Waals surface area contributed by atoms with Gasteiger partial charge in [-0.15, -0.1) is 0 Å². The quantitative estimate of drug-likeness (QED) is 0.603. The first-order chi connectivity index (χ1) is 9.04. The van der Waals surface area contributed by atoms with Gasteiger partial charge in [0.2, 0.25) is 17.7 Å². The average molecular weight is 264 g/mol. The highest BCUT2D eigenvalue weighted by molar-refractivity contribution is 5.91. The van der Waals surface area contributed by atoms with Crippen LogP contribution in [0.2, 0.25) is 0 Å². The van der Waals surface area contributed by atoms with Crippen molar-refractivity contribution in [2.75, 3.05) is 13.2 Å². The first-order valence-electron chi connectivity index (χ1n) is 5.53. The van der Waals surface area contributed by atoms with Crippen molar-refractivity contribution in [2.24, 2.45) is 5.73 Å². The van der Waals surface area contributed by atoms with Crippen LogP contribution in [0.4, 0.5) is 0 Å². The molecule has 1 aromatic carbocycles. The standard InChI is InChI=1S/C12H14N3O4/c13-9(17)6-14-12(19)11(15-10(18)7-16)8-4-2-1-3-5-8/h1-5,11H,6-7H2,(H2,13,17)(H,14,19)(H,15,18)/t11-/m1/s1. The molecule has 0 aliphatic rings. The zero-order chi connectivity index (χ0) is 14.3. The molecule has 0 aliphatic carbocycles. The smallest absolute Gasteiger partial charge is 0.250 e. The Labute approximate surface area is 109 Å². The van der Waals surface area contributed by atoms with Crippen LogP contribution in [-0.2, 0) is 19.5 Å². The van der Waals surface area contributed by atoms with E-state index in [4.69, 9.17) is 5.73 Å². The van der Waals surface area contributed by atoms with E-state index in [0.29, 0.717) is 5.56 Å². The van der Waals surface area contributed by atoms with Crippen LogP contribution in [0.1, 0.15) is 11.6 Å². The van der Waals surface area contributed by atoms with Gasteiger partial charge in [0, 0.05) is 0 Å². The van der Waals surface area contributed by atoms with Gasteiger partial charge < -0.3 is 16.4 Å². The Morgan fingerprint density at radius 3 is 2.32 bits per heavy atom. The molecule has 101 valence electrons. The highest BCUT2D eigenvalue weighted by atomic mass is 16.3. The summed E-state index contributed by atoms with van der Waals surface area (Å²) in [6.45, 7) is -1.32. The molecule has 0 aliphatic heterocycles. The maximum atomic E-state index is 11.9. The molecule has 19 heavy (non-hydrogen) atoms. The van der Waals surface area contributed by atoms with Crippen LogP contribution in [0.25, 0.3) is 0 Å². The second kappa shape index (κ2) is 7.12. The number of hydrogen-bond acceptors (Lipinski definition) is 3. The molecule has 1 radical (unpaired) electrons. The number of nitrogens with two attached hydrogens (primary N) is 1. The van der Waals surface area contributed by atoms with Crippen LogP contribution in [0.5, 0.6) is 0 Å².